The molecule has 9 heavy (non-hydrogen) atoms. The Morgan fingerprint density at radius 2 is 2.11 bits per heavy atom. The third-order valence-electron chi connectivity index (χ3n) is 1.39. The molecule has 1 atom stereocenters. The van der Waals surface area contributed by atoms with Crippen LogP contribution >= 0.6 is 15.9 Å². The van der Waals surface area contributed by atoms with E-state index >= 15 is 0 Å². The van der Waals surface area contributed by atoms with Gasteiger partial charge < -0.3 is 5.11 Å². The molecule has 0 unspecified atom stereocenters. The zero-order chi connectivity index (χ0) is 7.11. The Morgan fingerprint density at radius 1 is 1.44 bits per heavy atom. The van der Waals surface area contributed by atoms with E-state index in [0.29, 0.717) is 12.5 Å². The predicted molar refractivity (Wildman–Crippen MR) is 43.9 cm³/mol. The maximum Gasteiger partial charge on any atom is 0.0456 e. The van der Waals surface area contributed by atoms with Crippen LogP contribution in [0.3, 0.4) is 0 Å². The van der Waals surface area contributed by atoms with Crippen LogP contribution in [0.25, 0.3) is 0 Å². The standard InChI is InChI=1S/C7H15BrO/c1-7(6-9)4-2-3-5-8/h7,9H,2-6H2,1H3/t7-/m1/s1. The Balaban J connectivity index is 2.88. The minimum absolute atomic E-state index is 0.336. The molecule has 0 saturated carbocycles. The molecule has 0 radical (unpaired) electrons. The summed E-state index contributed by atoms with van der Waals surface area (Å²) in [5.74, 6) is 0.490. The molecule has 0 aliphatic rings. The molecule has 1 N–H and O–H groups in total. The molecule has 0 amide bonds. The molecule has 0 rings (SSSR count). The molecule has 1 nitrogen and oxygen atoms in total. The van der Waals surface area contributed by atoms with Gasteiger partial charge >= 0.3 is 0 Å². The molecule has 0 aromatic carbocycles. The average Bonchev–Trinajstić information content (AvgIpc) is 1.89. The summed E-state index contributed by atoms with van der Waals surface area (Å²) in [5.41, 5.74) is 0. The van der Waals surface area contributed by atoms with Gasteiger partial charge in [0.2, 0.25) is 0 Å². The molecule has 56 valence electrons. The summed E-state index contributed by atoms with van der Waals surface area (Å²) < 4.78 is 0. The summed E-state index contributed by atoms with van der Waals surface area (Å²) in [7, 11) is 0. The maximum absolute atomic E-state index is 8.62. The lowest BCUT2D eigenvalue weighted by molar-refractivity contribution is 0.228. The normalized spacial score (nSPS) is 13.7. The average molecular weight is 195 g/mol. The van der Waals surface area contributed by atoms with E-state index < -0.39 is 0 Å². The summed E-state index contributed by atoms with van der Waals surface area (Å²) >= 11 is 3.36. The summed E-state index contributed by atoms with van der Waals surface area (Å²) in [5, 5.41) is 9.71. The van der Waals surface area contributed by atoms with E-state index in [1.54, 1.807) is 0 Å². The number of hydrogen-bond acceptors (Lipinski definition) is 1. The van der Waals surface area contributed by atoms with Gasteiger partial charge in [0, 0.05) is 11.9 Å². The van der Waals surface area contributed by atoms with Crippen molar-refractivity contribution in [3.63, 3.8) is 0 Å². The van der Waals surface area contributed by atoms with Crippen LogP contribution in [0.15, 0.2) is 0 Å². The Labute approximate surface area is 65.6 Å². The van der Waals surface area contributed by atoms with E-state index in [-0.39, 0.29) is 0 Å². The number of alkyl halides is 1. The number of halogens is 1. The Kier molecular flexibility index (Phi) is 6.88. The van der Waals surface area contributed by atoms with Gasteiger partial charge in [-0.1, -0.05) is 29.3 Å². The Hall–Kier alpha value is 0.440. The van der Waals surface area contributed by atoms with E-state index in [4.69, 9.17) is 5.11 Å². The topological polar surface area (TPSA) is 20.2 Å². The fraction of sp³-hybridized carbons (Fsp3) is 1.00. The lowest BCUT2D eigenvalue weighted by Crippen LogP contribution is -1.99. The summed E-state index contributed by atoms with van der Waals surface area (Å²) in [6.45, 7) is 2.41. The highest BCUT2D eigenvalue weighted by molar-refractivity contribution is 9.09. The third kappa shape index (κ3) is 6.32. The maximum atomic E-state index is 8.62. The smallest absolute Gasteiger partial charge is 0.0456 e. The molecule has 0 aliphatic heterocycles. The van der Waals surface area contributed by atoms with Crippen molar-refractivity contribution in [2.75, 3.05) is 11.9 Å². The number of unbranched alkanes of at least 4 members (excludes halogenated alkanes) is 1. The second kappa shape index (κ2) is 6.56. The van der Waals surface area contributed by atoms with Crippen LogP contribution in [-0.2, 0) is 0 Å². The molecule has 0 aliphatic carbocycles. The second-order valence-corrected chi connectivity index (χ2v) is 3.27. The van der Waals surface area contributed by atoms with E-state index in [1.165, 1.54) is 12.8 Å². The lowest BCUT2D eigenvalue weighted by Gasteiger charge is -2.04. The first-order valence-electron chi connectivity index (χ1n) is 3.48. The van der Waals surface area contributed by atoms with E-state index in [0.717, 1.165) is 11.8 Å². The van der Waals surface area contributed by atoms with Crippen molar-refractivity contribution in [3.8, 4) is 0 Å². The monoisotopic (exact) mass is 194 g/mol. The van der Waals surface area contributed by atoms with Crippen LogP contribution in [0.5, 0.6) is 0 Å². The first-order valence-corrected chi connectivity index (χ1v) is 4.60. The van der Waals surface area contributed by atoms with Crippen LogP contribution in [0, 0.1) is 5.92 Å². The van der Waals surface area contributed by atoms with Gasteiger partial charge in [0.25, 0.3) is 0 Å². The zero-order valence-corrected chi connectivity index (χ0v) is 7.52. The van der Waals surface area contributed by atoms with Crippen molar-refractivity contribution in [2.24, 2.45) is 5.92 Å². The van der Waals surface area contributed by atoms with E-state index in [2.05, 4.69) is 22.9 Å². The quantitative estimate of drug-likeness (QED) is 0.526. The van der Waals surface area contributed by atoms with Crippen molar-refractivity contribution in [3.05, 3.63) is 0 Å². The van der Waals surface area contributed by atoms with Gasteiger partial charge in [-0.3, -0.25) is 0 Å². The first kappa shape index (κ1) is 9.44. The van der Waals surface area contributed by atoms with Crippen LogP contribution < -0.4 is 0 Å². The van der Waals surface area contributed by atoms with Crippen molar-refractivity contribution in [1.29, 1.82) is 0 Å². The van der Waals surface area contributed by atoms with Crippen molar-refractivity contribution in [1.82, 2.24) is 0 Å². The zero-order valence-electron chi connectivity index (χ0n) is 5.94. The van der Waals surface area contributed by atoms with Crippen molar-refractivity contribution < 1.29 is 5.11 Å². The minimum Gasteiger partial charge on any atom is -0.396 e. The predicted octanol–water partition coefficient (Wildman–Crippen LogP) is 2.18. The molecular formula is C7H15BrO. The molecule has 0 fully saturated rings. The van der Waals surface area contributed by atoms with Crippen molar-refractivity contribution >= 4 is 15.9 Å². The summed E-state index contributed by atoms with van der Waals surface area (Å²) in [6, 6.07) is 0. The summed E-state index contributed by atoms with van der Waals surface area (Å²) in [4.78, 5) is 0. The van der Waals surface area contributed by atoms with Gasteiger partial charge in [0.1, 0.15) is 0 Å². The van der Waals surface area contributed by atoms with Gasteiger partial charge in [-0.25, -0.2) is 0 Å². The lowest BCUT2D eigenvalue weighted by atomic mass is 10.1. The molecular weight excluding hydrogens is 180 g/mol. The highest BCUT2D eigenvalue weighted by Crippen LogP contribution is 2.07. The largest absolute Gasteiger partial charge is 0.396 e. The van der Waals surface area contributed by atoms with Gasteiger partial charge in [-0.05, 0) is 18.8 Å². The molecule has 0 heterocycles. The van der Waals surface area contributed by atoms with Crippen LogP contribution in [-0.4, -0.2) is 17.0 Å². The van der Waals surface area contributed by atoms with E-state index in [9.17, 15) is 0 Å². The second-order valence-electron chi connectivity index (χ2n) is 2.47. The fourth-order valence-electron chi connectivity index (χ4n) is 0.679. The number of aliphatic hydroxyl groups is 1. The highest BCUT2D eigenvalue weighted by Gasteiger charge is 1.97. The number of hydrogen-bond donors (Lipinski definition) is 1. The minimum atomic E-state index is 0.336. The first-order chi connectivity index (χ1) is 4.31. The van der Waals surface area contributed by atoms with Gasteiger partial charge in [0.15, 0.2) is 0 Å². The Bertz CT molecular complexity index is 56.9. The third-order valence-corrected chi connectivity index (χ3v) is 1.95. The van der Waals surface area contributed by atoms with E-state index in [1.807, 2.05) is 0 Å². The number of aliphatic hydroxyl groups excluding tert-OH is 1. The molecule has 0 bridgehead atoms. The molecule has 0 spiro atoms. The highest BCUT2D eigenvalue weighted by atomic mass is 79.9. The van der Waals surface area contributed by atoms with Gasteiger partial charge in [0.05, 0.1) is 0 Å². The van der Waals surface area contributed by atoms with Crippen LogP contribution in [0.2, 0.25) is 0 Å². The summed E-state index contributed by atoms with van der Waals surface area (Å²) in [6.07, 6.45) is 3.61. The van der Waals surface area contributed by atoms with Gasteiger partial charge in [-0.2, -0.15) is 0 Å². The Morgan fingerprint density at radius 3 is 2.56 bits per heavy atom. The molecule has 0 aromatic heterocycles. The van der Waals surface area contributed by atoms with Crippen molar-refractivity contribution in [2.45, 2.75) is 26.2 Å². The van der Waals surface area contributed by atoms with Gasteiger partial charge in [-0.15, -0.1) is 0 Å². The number of rotatable bonds is 5. The SMILES string of the molecule is C[C@@H](CO)CCCCBr. The van der Waals surface area contributed by atoms with Crippen LogP contribution in [0.1, 0.15) is 26.2 Å². The van der Waals surface area contributed by atoms with Crippen LogP contribution in [0.4, 0.5) is 0 Å². The molecule has 0 aromatic rings. The molecule has 0 saturated heterocycles. The molecule has 2 heteroatoms. The fourth-order valence-corrected chi connectivity index (χ4v) is 1.08.